The SMILES string of the molecule is CC(=O)OC(/C=C/C(C)(C)C)[C@H](C)C(C)(C)C. The second-order valence-corrected chi connectivity index (χ2v) is 6.95. The molecule has 0 bridgehead atoms. The van der Waals surface area contributed by atoms with Crippen molar-refractivity contribution in [2.45, 2.75) is 61.5 Å². The molecule has 0 radical (unpaired) electrons. The van der Waals surface area contributed by atoms with E-state index in [1.54, 1.807) is 0 Å². The molecule has 0 amide bonds. The summed E-state index contributed by atoms with van der Waals surface area (Å²) in [6.45, 7) is 16.5. The highest BCUT2D eigenvalue weighted by Crippen LogP contribution is 2.31. The molecule has 0 saturated carbocycles. The molecular formula is C15H28O2. The Morgan fingerprint density at radius 3 is 1.88 bits per heavy atom. The number of hydrogen-bond donors (Lipinski definition) is 0. The average molecular weight is 240 g/mol. The molecule has 2 heteroatoms. The van der Waals surface area contributed by atoms with Gasteiger partial charge >= 0.3 is 5.97 Å². The fourth-order valence-corrected chi connectivity index (χ4v) is 1.38. The van der Waals surface area contributed by atoms with E-state index < -0.39 is 0 Å². The van der Waals surface area contributed by atoms with Crippen molar-refractivity contribution in [2.75, 3.05) is 0 Å². The van der Waals surface area contributed by atoms with E-state index in [0.29, 0.717) is 0 Å². The summed E-state index contributed by atoms with van der Waals surface area (Å²) in [6.07, 6.45) is 3.99. The molecule has 0 aliphatic rings. The Balaban J connectivity index is 4.89. The van der Waals surface area contributed by atoms with Crippen LogP contribution in [0.2, 0.25) is 0 Å². The van der Waals surface area contributed by atoms with Gasteiger partial charge in [0.15, 0.2) is 0 Å². The van der Waals surface area contributed by atoms with Crippen molar-refractivity contribution in [1.82, 2.24) is 0 Å². The van der Waals surface area contributed by atoms with Gasteiger partial charge in [-0.3, -0.25) is 4.79 Å². The summed E-state index contributed by atoms with van der Waals surface area (Å²) in [5, 5.41) is 0. The lowest BCUT2D eigenvalue weighted by Crippen LogP contribution is -2.32. The monoisotopic (exact) mass is 240 g/mol. The molecule has 0 rings (SSSR count). The third kappa shape index (κ3) is 7.19. The molecule has 0 N–H and O–H groups in total. The lowest BCUT2D eigenvalue weighted by Gasteiger charge is -2.32. The van der Waals surface area contributed by atoms with Crippen molar-refractivity contribution < 1.29 is 9.53 Å². The van der Waals surface area contributed by atoms with Crippen LogP contribution >= 0.6 is 0 Å². The van der Waals surface area contributed by atoms with Crippen LogP contribution < -0.4 is 0 Å². The maximum Gasteiger partial charge on any atom is 0.303 e. The molecular weight excluding hydrogens is 212 g/mol. The topological polar surface area (TPSA) is 26.3 Å². The maximum atomic E-state index is 11.2. The normalized spacial score (nSPS) is 16.9. The van der Waals surface area contributed by atoms with Gasteiger partial charge in [-0.15, -0.1) is 0 Å². The first-order valence-corrected chi connectivity index (χ1v) is 6.30. The number of esters is 1. The van der Waals surface area contributed by atoms with Crippen LogP contribution in [0, 0.1) is 16.7 Å². The highest BCUT2D eigenvalue weighted by Gasteiger charge is 2.29. The predicted molar refractivity (Wildman–Crippen MR) is 72.8 cm³/mol. The Kier molecular flexibility index (Phi) is 5.44. The molecule has 0 aromatic carbocycles. The second-order valence-electron chi connectivity index (χ2n) is 6.95. The molecule has 2 nitrogen and oxygen atoms in total. The van der Waals surface area contributed by atoms with Gasteiger partial charge in [-0.05, 0) is 16.9 Å². The zero-order chi connectivity index (χ0) is 13.9. The zero-order valence-electron chi connectivity index (χ0n) is 12.6. The van der Waals surface area contributed by atoms with Crippen molar-refractivity contribution in [3.8, 4) is 0 Å². The summed E-state index contributed by atoms with van der Waals surface area (Å²) in [5.41, 5.74) is 0.221. The summed E-state index contributed by atoms with van der Waals surface area (Å²) in [6, 6.07) is 0. The zero-order valence-corrected chi connectivity index (χ0v) is 12.6. The Labute approximate surface area is 106 Å². The summed E-state index contributed by atoms with van der Waals surface area (Å²) in [5.74, 6) is 0.0645. The molecule has 0 aromatic rings. The van der Waals surface area contributed by atoms with Gasteiger partial charge in [0.05, 0.1) is 0 Å². The Morgan fingerprint density at radius 1 is 1.12 bits per heavy atom. The van der Waals surface area contributed by atoms with Crippen molar-refractivity contribution in [1.29, 1.82) is 0 Å². The third-order valence-corrected chi connectivity index (χ3v) is 2.95. The van der Waals surface area contributed by atoms with Crippen LogP contribution in [0.4, 0.5) is 0 Å². The summed E-state index contributed by atoms with van der Waals surface area (Å²) in [7, 11) is 0. The van der Waals surface area contributed by atoms with Crippen molar-refractivity contribution >= 4 is 5.97 Å². The van der Waals surface area contributed by atoms with Crippen LogP contribution in [0.25, 0.3) is 0 Å². The molecule has 0 aliphatic carbocycles. The fraction of sp³-hybridized carbons (Fsp3) is 0.800. The van der Waals surface area contributed by atoms with E-state index in [4.69, 9.17) is 4.74 Å². The van der Waals surface area contributed by atoms with Crippen molar-refractivity contribution in [2.24, 2.45) is 16.7 Å². The number of hydrogen-bond acceptors (Lipinski definition) is 2. The molecule has 0 fully saturated rings. The molecule has 0 spiro atoms. The molecule has 0 aromatic heterocycles. The van der Waals surface area contributed by atoms with E-state index in [-0.39, 0.29) is 28.8 Å². The Hall–Kier alpha value is -0.790. The molecule has 0 saturated heterocycles. The standard InChI is InChI=1S/C15H28O2/c1-11(15(6,7)8)13(17-12(2)16)9-10-14(3,4)5/h9-11,13H,1-8H3/b10-9+/t11-,13?/m0/s1. The van der Waals surface area contributed by atoms with Crippen LogP contribution in [-0.4, -0.2) is 12.1 Å². The lowest BCUT2D eigenvalue weighted by atomic mass is 9.78. The van der Waals surface area contributed by atoms with Crippen LogP contribution in [0.3, 0.4) is 0 Å². The van der Waals surface area contributed by atoms with Crippen LogP contribution in [0.5, 0.6) is 0 Å². The maximum absolute atomic E-state index is 11.2. The van der Waals surface area contributed by atoms with Crippen LogP contribution in [-0.2, 0) is 9.53 Å². The molecule has 1 unspecified atom stereocenters. The third-order valence-electron chi connectivity index (χ3n) is 2.95. The molecule has 0 heterocycles. The fourth-order valence-electron chi connectivity index (χ4n) is 1.38. The summed E-state index contributed by atoms with van der Waals surface area (Å²) < 4.78 is 5.41. The number of allylic oxidation sites excluding steroid dienone is 1. The minimum Gasteiger partial charge on any atom is -0.458 e. The van der Waals surface area contributed by atoms with Gasteiger partial charge in [-0.1, -0.05) is 54.5 Å². The van der Waals surface area contributed by atoms with E-state index in [1.807, 2.05) is 6.08 Å². The first-order chi connectivity index (χ1) is 7.43. The van der Waals surface area contributed by atoms with Gasteiger partial charge in [0.25, 0.3) is 0 Å². The molecule has 2 atom stereocenters. The van der Waals surface area contributed by atoms with Crippen molar-refractivity contribution in [3.05, 3.63) is 12.2 Å². The Bertz CT molecular complexity index is 276. The molecule has 0 aliphatic heterocycles. The first kappa shape index (κ1) is 16.2. The minimum atomic E-state index is -0.218. The van der Waals surface area contributed by atoms with Crippen LogP contribution in [0.15, 0.2) is 12.2 Å². The van der Waals surface area contributed by atoms with E-state index >= 15 is 0 Å². The highest BCUT2D eigenvalue weighted by atomic mass is 16.5. The molecule has 17 heavy (non-hydrogen) atoms. The molecule has 100 valence electrons. The van der Waals surface area contributed by atoms with Gasteiger partial charge in [0, 0.05) is 12.8 Å². The Morgan fingerprint density at radius 2 is 1.59 bits per heavy atom. The van der Waals surface area contributed by atoms with E-state index in [0.717, 1.165) is 0 Å². The smallest absolute Gasteiger partial charge is 0.303 e. The number of carbonyl (C=O) groups is 1. The summed E-state index contributed by atoms with van der Waals surface area (Å²) in [4.78, 5) is 11.2. The summed E-state index contributed by atoms with van der Waals surface area (Å²) >= 11 is 0. The minimum absolute atomic E-state index is 0.107. The van der Waals surface area contributed by atoms with Gasteiger partial charge in [-0.25, -0.2) is 0 Å². The highest BCUT2D eigenvalue weighted by molar-refractivity contribution is 5.66. The van der Waals surface area contributed by atoms with Crippen molar-refractivity contribution in [3.63, 3.8) is 0 Å². The average Bonchev–Trinajstić information content (AvgIpc) is 2.07. The van der Waals surface area contributed by atoms with E-state index in [1.165, 1.54) is 6.92 Å². The number of carbonyl (C=O) groups excluding carboxylic acids is 1. The largest absolute Gasteiger partial charge is 0.458 e. The number of ether oxygens (including phenoxy) is 1. The second kappa shape index (κ2) is 5.70. The predicted octanol–water partition coefficient (Wildman–Crippen LogP) is 4.20. The van der Waals surface area contributed by atoms with Gasteiger partial charge in [0.2, 0.25) is 0 Å². The van der Waals surface area contributed by atoms with Gasteiger partial charge < -0.3 is 4.74 Å². The van der Waals surface area contributed by atoms with E-state index in [9.17, 15) is 4.79 Å². The quantitative estimate of drug-likeness (QED) is 0.546. The van der Waals surface area contributed by atoms with E-state index in [2.05, 4.69) is 54.5 Å². The first-order valence-electron chi connectivity index (χ1n) is 6.30. The van der Waals surface area contributed by atoms with Gasteiger partial charge in [0.1, 0.15) is 6.10 Å². The van der Waals surface area contributed by atoms with Crippen LogP contribution in [0.1, 0.15) is 55.4 Å². The van der Waals surface area contributed by atoms with Gasteiger partial charge in [-0.2, -0.15) is 0 Å². The lowest BCUT2D eigenvalue weighted by molar-refractivity contribution is -0.147. The number of rotatable bonds is 3.